The molecule has 62 valence electrons. The molecule has 1 aromatic rings. The van der Waals surface area contributed by atoms with E-state index in [2.05, 4.69) is 11.9 Å². The van der Waals surface area contributed by atoms with Gasteiger partial charge in [0, 0.05) is 0 Å². The van der Waals surface area contributed by atoms with E-state index in [1.165, 1.54) is 30.6 Å². The second-order valence-corrected chi connectivity index (χ2v) is 3.50. The van der Waals surface area contributed by atoms with Gasteiger partial charge in [-0.05, 0) is 12.8 Å². The smallest absolute Gasteiger partial charge is 0.222 e. The molecule has 0 spiro atoms. The number of nitrogens with zero attached hydrogens (tertiary/aromatic N) is 1. The molecule has 3 heteroatoms. The fourth-order valence-electron chi connectivity index (χ4n) is 0.942. The largest absolute Gasteiger partial charge is 0.493 e. The van der Waals surface area contributed by atoms with Crippen LogP contribution < -0.4 is 0 Å². The maximum Gasteiger partial charge on any atom is 0.222 e. The second-order valence-electron chi connectivity index (χ2n) is 2.56. The number of unbranched alkanes of at least 4 members (excludes halogenated alkanes) is 2. The molecule has 0 saturated heterocycles. The third kappa shape index (κ3) is 2.89. The third-order valence-corrected chi connectivity index (χ3v) is 2.43. The van der Waals surface area contributed by atoms with Crippen LogP contribution in [0.4, 0.5) is 0 Å². The van der Waals surface area contributed by atoms with Crippen LogP contribution in [0, 0.1) is 0 Å². The molecule has 0 unspecified atom stereocenters. The average molecular weight is 171 g/mol. The monoisotopic (exact) mass is 171 g/mol. The van der Waals surface area contributed by atoms with E-state index >= 15 is 0 Å². The minimum absolute atomic E-state index is 0.168. The van der Waals surface area contributed by atoms with E-state index < -0.39 is 0 Å². The van der Waals surface area contributed by atoms with Crippen molar-refractivity contribution in [1.29, 1.82) is 0 Å². The molecule has 11 heavy (non-hydrogen) atoms. The fourth-order valence-corrected chi connectivity index (χ4v) is 1.64. The Morgan fingerprint density at radius 1 is 1.55 bits per heavy atom. The van der Waals surface area contributed by atoms with Gasteiger partial charge in [0.15, 0.2) is 0 Å². The van der Waals surface area contributed by atoms with Crippen LogP contribution in [-0.2, 0) is 6.42 Å². The van der Waals surface area contributed by atoms with Crippen molar-refractivity contribution < 1.29 is 5.11 Å². The van der Waals surface area contributed by atoms with Gasteiger partial charge in [0.25, 0.3) is 0 Å². The zero-order chi connectivity index (χ0) is 8.10. The summed E-state index contributed by atoms with van der Waals surface area (Å²) in [7, 11) is 0. The predicted octanol–water partition coefficient (Wildman–Crippen LogP) is 2.58. The SMILES string of the molecule is CCCCCc1nc(O)cs1. The van der Waals surface area contributed by atoms with Gasteiger partial charge in [0.1, 0.15) is 0 Å². The molecule has 2 nitrogen and oxygen atoms in total. The molecule has 0 saturated carbocycles. The third-order valence-electron chi connectivity index (χ3n) is 1.53. The van der Waals surface area contributed by atoms with Crippen LogP contribution in [0.3, 0.4) is 0 Å². The Morgan fingerprint density at radius 2 is 2.36 bits per heavy atom. The van der Waals surface area contributed by atoms with Gasteiger partial charge in [0.05, 0.1) is 10.4 Å². The molecular weight excluding hydrogens is 158 g/mol. The maximum absolute atomic E-state index is 8.91. The Bertz CT molecular complexity index is 210. The molecule has 1 heterocycles. The molecule has 0 atom stereocenters. The van der Waals surface area contributed by atoms with Gasteiger partial charge in [-0.1, -0.05) is 19.8 Å². The van der Waals surface area contributed by atoms with Gasteiger partial charge in [0.2, 0.25) is 5.88 Å². The Morgan fingerprint density at radius 3 is 2.91 bits per heavy atom. The summed E-state index contributed by atoms with van der Waals surface area (Å²) >= 11 is 1.54. The zero-order valence-electron chi connectivity index (χ0n) is 6.71. The minimum Gasteiger partial charge on any atom is -0.493 e. The standard InChI is InChI=1S/C8H13NOS/c1-2-3-4-5-8-9-7(10)6-11-8/h6,10H,2-5H2,1H3. The lowest BCUT2D eigenvalue weighted by molar-refractivity contribution is 0.455. The minimum atomic E-state index is 0.168. The molecule has 1 N–H and O–H groups in total. The zero-order valence-corrected chi connectivity index (χ0v) is 7.52. The van der Waals surface area contributed by atoms with Crippen molar-refractivity contribution >= 4 is 11.3 Å². The van der Waals surface area contributed by atoms with Gasteiger partial charge >= 0.3 is 0 Å². The van der Waals surface area contributed by atoms with E-state index in [9.17, 15) is 0 Å². The van der Waals surface area contributed by atoms with Crippen molar-refractivity contribution in [2.45, 2.75) is 32.6 Å². The van der Waals surface area contributed by atoms with E-state index in [0.717, 1.165) is 11.4 Å². The van der Waals surface area contributed by atoms with Crippen molar-refractivity contribution in [1.82, 2.24) is 4.98 Å². The molecule has 0 amide bonds. The van der Waals surface area contributed by atoms with E-state index in [-0.39, 0.29) is 5.88 Å². The number of hydrogen-bond acceptors (Lipinski definition) is 3. The first-order valence-corrected chi connectivity index (χ1v) is 4.84. The predicted molar refractivity (Wildman–Crippen MR) is 47.0 cm³/mol. The lowest BCUT2D eigenvalue weighted by atomic mass is 10.2. The van der Waals surface area contributed by atoms with Crippen LogP contribution in [0.2, 0.25) is 0 Å². The van der Waals surface area contributed by atoms with Crippen molar-refractivity contribution in [3.05, 3.63) is 10.4 Å². The summed E-state index contributed by atoms with van der Waals surface area (Å²) in [6.07, 6.45) is 4.68. The highest BCUT2D eigenvalue weighted by Crippen LogP contribution is 2.16. The highest BCUT2D eigenvalue weighted by atomic mass is 32.1. The maximum atomic E-state index is 8.91. The average Bonchev–Trinajstić information content (AvgIpc) is 2.37. The molecule has 0 radical (unpaired) electrons. The van der Waals surface area contributed by atoms with Crippen molar-refractivity contribution in [3.63, 3.8) is 0 Å². The summed E-state index contributed by atoms with van der Waals surface area (Å²) in [6, 6.07) is 0. The van der Waals surface area contributed by atoms with E-state index in [0.29, 0.717) is 0 Å². The summed E-state index contributed by atoms with van der Waals surface area (Å²) in [6.45, 7) is 2.18. The molecule has 0 aromatic carbocycles. The first-order chi connectivity index (χ1) is 5.33. The van der Waals surface area contributed by atoms with Crippen molar-refractivity contribution in [2.75, 3.05) is 0 Å². The normalized spacial score (nSPS) is 10.3. The van der Waals surface area contributed by atoms with Gasteiger partial charge in [-0.15, -0.1) is 11.3 Å². The first-order valence-electron chi connectivity index (χ1n) is 3.96. The number of aryl methyl sites for hydroxylation is 1. The number of hydrogen-bond donors (Lipinski definition) is 1. The lowest BCUT2D eigenvalue weighted by Gasteiger charge is -1.92. The summed E-state index contributed by atoms with van der Waals surface area (Å²) in [4.78, 5) is 3.96. The molecule has 0 aliphatic heterocycles. The molecule has 0 aliphatic rings. The summed E-state index contributed by atoms with van der Waals surface area (Å²) in [5, 5.41) is 11.6. The van der Waals surface area contributed by atoms with Crippen LogP contribution in [0.25, 0.3) is 0 Å². The number of aromatic nitrogens is 1. The van der Waals surface area contributed by atoms with Crippen LogP contribution in [0.1, 0.15) is 31.2 Å². The van der Waals surface area contributed by atoms with E-state index in [1.54, 1.807) is 5.38 Å². The highest BCUT2D eigenvalue weighted by Gasteiger charge is 1.98. The van der Waals surface area contributed by atoms with Gasteiger partial charge in [-0.2, -0.15) is 0 Å². The Hall–Kier alpha value is -0.570. The van der Waals surface area contributed by atoms with Gasteiger partial charge < -0.3 is 5.11 Å². The van der Waals surface area contributed by atoms with Crippen LogP contribution in [0.5, 0.6) is 5.88 Å². The number of rotatable bonds is 4. The van der Waals surface area contributed by atoms with E-state index in [1.807, 2.05) is 0 Å². The lowest BCUT2D eigenvalue weighted by Crippen LogP contribution is -1.82. The fraction of sp³-hybridized carbons (Fsp3) is 0.625. The van der Waals surface area contributed by atoms with Crippen molar-refractivity contribution in [2.24, 2.45) is 0 Å². The topological polar surface area (TPSA) is 33.1 Å². The van der Waals surface area contributed by atoms with Crippen LogP contribution >= 0.6 is 11.3 Å². The molecular formula is C8H13NOS. The van der Waals surface area contributed by atoms with Crippen molar-refractivity contribution in [3.8, 4) is 5.88 Å². The number of aromatic hydroxyl groups is 1. The van der Waals surface area contributed by atoms with Gasteiger partial charge in [-0.25, -0.2) is 4.98 Å². The molecule has 0 fully saturated rings. The molecule has 1 rings (SSSR count). The summed E-state index contributed by atoms with van der Waals surface area (Å²) in [5.41, 5.74) is 0. The Balaban J connectivity index is 2.27. The van der Waals surface area contributed by atoms with Crippen LogP contribution in [0.15, 0.2) is 5.38 Å². The quantitative estimate of drug-likeness (QED) is 0.706. The molecule has 1 aromatic heterocycles. The highest BCUT2D eigenvalue weighted by molar-refractivity contribution is 7.09. The van der Waals surface area contributed by atoms with E-state index in [4.69, 9.17) is 5.11 Å². The summed E-state index contributed by atoms with van der Waals surface area (Å²) < 4.78 is 0. The molecule has 0 bridgehead atoms. The Kier molecular flexibility index (Phi) is 3.36. The molecule has 0 aliphatic carbocycles. The Labute approximate surface area is 70.9 Å². The first kappa shape index (κ1) is 8.53. The second kappa shape index (κ2) is 4.34. The van der Waals surface area contributed by atoms with Crippen LogP contribution in [-0.4, -0.2) is 10.1 Å². The summed E-state index contributed by atoms with van der Waals surface area (Å²) in [5.74, 6) is 0.168. The van der Waals surface area contributed by atoms with Gasteiger partial charge in [-0.3, -0.25) is 0 Å². The number of thiazole rings is 1.